The molecule has 0 aliphatic carbocycles. The van der Waals surface area contributed by atoms with Crippen LogP contribution >= 0.6 is 15.9 Å². The van der Waals surface area contributed by atoms with Crippen LogP contribution in [0.1, 0.15) is 11.1 Å². The van der Waals surface area contributed by atoms with Gasteiger partial charge in [-0.05, 0) is 42.3 Å². The van der Waals surface area contributed by atoms with E-state index >= 15 is 0 Å². The maximum Gasteiger partial charge on any atom is 0.266 e. The van der Waals surface area contributed by atoms with Gasteiger partial charge in [-0.1, -0.05) is 51.8 Å². The third kappa shape index (κ3) is 3.10. The minimum Gasteiger partial charge on any atom is -0.321 e. The molecule has 23 heavy (non-hydrogen) atoms. The van der Waals surface area contributed by atoms with E-state index in [1.807, 2.05) is 67.6 Å². The molecule has 0 bridgehead atoms. The zero-order chi connectivity index (χ0) is 16.4. The second-order valence-electron chi connectivity index (χ2n) is 5.29. The Bertz CT molecular complexity index is 983. The lowest BCUT2D eigenvalue weighted by Gasteiger charge is -2.09. The highest BCUT2D eigenvalue weighted by molar-refractivity contribution is 9.10. The Hall–Kier alpha value is -2.64. The molecule has 3 aromatic rings. The van der Waals surface area contributed by atoms with Gasteiger partial charge in [-0.15, -0.1) is 0 Å². The Morgan fingerprint density at radius 3 is 2.48 bits per heavy atom. The first-order valence-corrected chi connectivity index (χ1v) is 7.88. The lowest BCUT2D eigenvalue weighted by atomic mass is 9.99. The Labute approximate surface area is 142 Å². The van der Waals surface area contributed by atoms with Crippen LogP contribution in [-0.2, 0) is 0 Å². The van der Waals surface area contributed by atoms with E-state index in [2.05, 4.69) is 20.9 Å². The fraction of sp³-hybridized carbons (Fsp3) is 0.0526. The molecule has 0 fully saturated rings. The number of aromatic amines is 1. The predicted octanol–water partition coefficient (Wildman–Crippen LogP) is 4.65. The van der Waals surface area contributed by atoms with Gasteiger partial charge in [0.15, 0.2) is 0 Å². The van der Waals surface area contributed by atoms with Crippen molar-refractivity contribution in [2.45, 2.75) is 6.92 Å². The average molecular weight is 365 g/mol. The largest absolute Gasteiger partial charge is 0.321 e. The number of benzene rings is 2. The number of nitriles is 1. The molecule has 3 rings (SSSR count). The van der Waals surface area contributed by atoms with Gasteiger partial charge in [0.1, 0.15) is 11.6 Å². The number of halogens is 1. The van der Waals surface area contributed by atoms with Crippen LogP contribution in [0.5, 0.6) is 0 Å². The van der Waals surface area contributed by atoms with Crippen molar-refractivity contribution in [1.82, 2.24) is 4.98 Å². The van der Waals surface area contributed by atoms with Crippen LogP contribution in [0.3, 0.4) is 0 Å². The normalized spacial score (nSPS) is 10.3. The van der Waals surface area contributed by atoms with E-state index in [9.17, 15) is 10.1 Å². The predicted molar refractivity (Wildman–Crippen MR) is 95.1 cm³/mol. The Kier molecular flexibility index (Phi) is 4.14. The molecule has 112 valence electrons. The number of H-pyrrole nitrogens is 1. The molecule has 4 heteroatoms. The van der Waals surface area contributed by atoms with Crippen molar-refractivity contribution in [3.8, 4) is 28.5 Å². The summed E-state index contributed by atoms with van der Waals surface area (Å²) in [5.41, 5.74) is 3.94. The maximum absolute atomic E-state index is 12.3. The van der Waals surface area contributed by atoms with Crippen LogP contribution < -0.4 is 5.56 Å². The Morgan fingerprint density at radius 2 is 1.78 bits per heavy atom. The van der Waals surface area contributed by atoms with Gasteiger partial charge in [0.25, 0.3) is 5.56 Å². The second-order valence-corrected chi connectivity index (χ2v) is 6.21. The number of aromatic nitrogens is 1. The third-order valence-corrected chi connectivity index (χ3v) is 4.10. The molecule has 0 saturated heterocycles. The van der Waals surface area contributed by atoms with Crippen molar-refractivity contribution in [2.75, 3.05) is 0 Å². The monoisotopic (exact) mass is 364 g/mol. The van der Waals surface area contributed by atoms with E-state index in [1.165, 1.54) is 0 Å². The molecule has 0 aliphatic heterocycles. The summed E-state index contributed by atoms with van der Waals surface area (Å²) >= 11 is 3.43. The van der Waals surface area contributed by atoms with Gasteiger partial charge in [0.2, 0.25) is 0 Å². The molecule has 2 aromatic carbocycles. The molecule has 1 heterocycles. The molecule has 0 unspecified atom stereocenters. The number of pyridine rings is 1. The fourth-order valence-electron chi connectivity index (χ4n) is 2.52. The van der Waals surface area contributed by atoms with Crippen molar-refractivity contribution in [2.24, 2.45) is 0 Å². The van der Waals surface area contributed by atoms with Crippen molar-refractivity contribution < 1.29 is 0 Å². The van der Waals surface area contributed by atoms with Crippen LogP contribution in [0.2, 0.25) is 0 Å². The highest BCUT2D eigenvalue weighted by atomic mass is 79.9. The van der Waals surface area contributed by atoms with Crippen molar-refractivity contribution >= 4 is 15.9 Å². The minimum absolute atomic E-state index is 0.125. The molecular formula is C19H13BrN2O. The zero-order valence-electron chi connectivity index (χ0n) is 12.4. The maximum atomic E-state index is 12.3. The van der Waals surface area contributed by atoms with Crippen molar-refractivity contribution in [3.05, 3.63) is 80.6 Å². The topological polar surface area (TPSA) is 56.6 Å². The van der Waals surface area contributed by atoms with Gasteiger partial charge in [0, 0.05) is 15.7 Å². The van der Waals surface area contributed by atoms with Crippen molar-refractivity contribution in [3.63, 3.8) is 0 Å². The molecule has 0 aliphatic rings. The summed E-state index contributed by atoms with van der Waals surface area (Å²) in [6, 6.07) is 19.3. The van der Waals surface area contributed by atoms with Gasteiger partial charge < -0.3 is 4.98 Å². The first kappa shape index (κ1) is 15.3. The van der Waals surface area contributed by atoms with Crippen LogP contribution in [0.4, 0.5) is 0 Å². The summed E-state index contributed by atoms with van der Waals surface area (Å²) in [6.45, 7) is 2.00. The quantitative estimate of drug-likeness (QED) is 0.719. The lowest BCUT2D eigenvalue weighted by Crippen LogP contribution is -2.12. The zero-order valence-corrected chi connectivity index (χ0v) is 14.0. The molecule has 3 nitrogen and oxygen atoms in total. The highest BCUT2D eigenvalue weighted by Crippen LogP contribution is 2.28. The third-order valence-electron chi connectivity index (χ3n) is 3.61. The number of hydrogen-bond acceptors (Lipinski definition) is 2. The SMILES string of the molecule is Cc1cccc(-c2cc(-c3cccc(Br)c3)c(C#N)c(=O)[nH]2)c1. The molecule has 1 N–H and O–H groups in total. The van der Waals surface area contributed by atoms with Crippen LogP contribution in [0.25, 0.3) is 22.4 Å². The van der Waals surface area contributed by atoms with E-state index in [0.29, 0.717) is 11.3 Å². The van der Waals surface area contributed by atoms with Gasteiger partial charge in [-0.25, -0.2) is 0 Å². The summed E-state index contributed by atoms with van der Waals surface area (Å²) in [5.74, 6) is 0. The Balaban J connectivity index is 2.27. The number of hydrogen-bond donors (Lipinski definition) is 1. The van der Waals surface area contributed by atoms with Gasteiger partial charge in [0.05, 0.1) is 0 Å². The van der Waals surface area contributed by atoms with E-state index in [4.69, 9.17) is 0 Å². The highest BCUT2D eigenvalue weighted by Gasteiger charge is 2.12. The van der Waals surface area contributed by atoms with Crippen LogP contribution in [0, 0.1) is 18.3 Å². The van der Waals surface area contributed by atoms with E-state index in [-0.39, 0.29) is 11.1 Å². The second kappa shape index (κ2) is 6.23. The van der Waals surface area contributed by atoms with Crippen molar-refractivity contribution in [1.29, 1.82) is 5.26 Å². The number of nitrogens with one attached hydrogen (secondary N) is 1. The van der Waals surface area contributed by atoms with E-state index < -0.39 is 0 Å². The van der Waals surface area contributed by atoms with Gasteiger partial charge in [-0.2, -0.15) is 5.26 Å². The molecule has 0 saturated carbocycles. The smallest absolute Gasteiger partial charge is 0.266 e. The minimum atomic E-state index is -0.374. The van der Waals surface area contributed by atoms with E-state index in [1.54, 1.807) is 0 Å². The van der Waals surface area contributed by atoms with Gasteiger partial charge in [-0.3, -0.25) is 4.79 Å². The fourth-order valence-corrected chi connectivity index (χ4v) is 2.92. The van der Waals surface area contributed by atoms with Crippen LogP contribution in [0.15, 0.2) is 63.9 Å². The summed E-state index contributed by atoms with van der Waals surface area (Å²) < 4.78 is 0.899. The molecule has 0 radical (unpaired) electrons. The number of nitrogens with zero attached hydrogens (tertiary/aromatic N) is 1. The van der Waals surface area contributed by atoms with E-state index in [0.717, 1.165) is 21.2 Å². The Morgan fingerprint density at radius 1 is 1.04 bits per heavy atom. The molecule has 0 atom stereocenters. The summed E-state index contributed by atoms with van der Waals surface area (Å²) in [5, 5.41) is 9.35. The number of rotatable bonds is 2. The first-order valence-electron chi connectivity index (χ1n) is 7.09. The summed E-state index contributed by atoms with van der Waals surface area (Å²) in [7, 11) is 0. The van der Waals surface area contributed by atoms with Crippen LogP contribution in [-0.4, -0.2) is 4.98 Å². The lowest BCUT2D eigenvalue weighted by molar-refractivity contribution is 1.22. The standard InChI is InChI=1S/C19H13BrN2O/c1-12-4-2-6-14(8-12)18-10-16(17(11-21)19(23)22-18)13-5-3-7-15(20)9-13/h2-10H,1H3,(H,22,23). The summed E-state index contributed by atoms with van der Waals surface area (Å²) in [6.07, 6.45) is 0. The first-order chi connectivity index (χ1) is 11.1. The molecule has 0 spiro atoms. The van der Waals surface area contributed by atoms with Gasteiger partial charge >= 0.3 is 0 Å². The molecule has 1 aromatic heterocycles. The summed E-state index contributed by atoms with van der Waals surface area (Å²) in [4.78, 5) is 15.1. The average Bonchev–Trinajstić information content (AvgIpc) is 2.54. The molecular weight excluding hydrogens is 352 g/mol. The molecule has 0 amide bonds. The number of aryl methyl sites for hydroxylation is 1.